The Labute approximate surface area is 171 Å². The monoisotopic (exact) mass is 437 g/mol. The summed E-state index contributed by atoms with van der Waals surface area (Å²) in [4.78, 5) is 12.0. The molecule has 29 heavy (non-hydrogen) atoms. The molecule has 3 aromatic rings. The lowest BCUT2D eigenvalue weighted by Gasteiger charge is -2.16. The van der Waals surface area contributed by atoms with E-state index in [0.29, 0.717) is 16.1 Å². The molecule has 0 bridgehead atoms. The zero-order chi connectivity index (χ0) is 21.0. The van der Waals surface area contributed by atoms with Gasteiger partial charge in [-0.05, 0) is 43.7 Å². The fourth-order valence-corrected chi connectivity index (χ4v) is 4.71. The summed E-state index contributed by atoms with van der Waals surface area (Å²) in [5.41, 5.74) is 1.11. The quantitative estimate of drug-likeness (QED) is 0.505. The van der Waals surface area contributed by atoms with E-state index in [-0.39, 0.29) is 22.5 Å². The molecule has 0 spiro atoms. The van der Waals surface area contributed by atoms with Gasteiger partial charge in [-0.25, -0.2) is 4.79 Å². The SMILES string of the molecule is CC(C)OC(Cc1cccc(OS(=O)(=O)c2ccc(-c3ccon3)s2)c1)C(=O)O. The zero-order valence-corrected chi connectivity index (χ0v) is 17.3. The number of hydrogen-bond donors (Lipinski definition) is 1. The predicted molar refractivity (Wildman–Crippen MR) is 105 cm³/mol. The van der Waals surface area contributed by atoms with Crippen LogP contribution in [0.3, 0.4) is 0 Å². The number of thiophene rings is 1. The van der Waals surface area contributed by atoms with Gasteiger partial charge in [0.25, 0.3) is 0 Å². The Morgan fingerprint density at radius 1 is 1.24 bits per heavy atom. The number of carboxylic acid groups (broad SMARTS) is 1. The first-order chi connectivity index (χ1) is 13.7. The minimum Gasteiger partial charge on any atom is -0.479 e. The molecule has 3 rings (SSSR count). The normalized spacial score (nSPS) is 12.8. The minimum atomic E-state index is -4.05. The Balaban J connectivity index is 1.76. The number of hydrogen-bond acceptors (Lipinski definition) is 8. The maximum atomic E-state index is 12.6. The van der Waals surface area contributed by atoms with Crippen LogP contribution >= 0.6 is 11.3 Å². The van der Waals surface area contributed by atoms with Gasteiger partial charge in [0.2, 0.25) is 0 Å². The van der Waals surface area contributed by atoms with Crippen molar-refractivity contribution in [2.75, 3.05) is 0 Å². The van der Waals surface area contributed by atoms with E-state index in [2.05, 4.69) is 5.16 Å². The first kappa shape index (κ1) is 21.0. The number of rotatable bonds is 9. The van der Waals surface area contributed by atoms with Crippen molar-refractivity contribution in [2.24, 2.45) is 0 Å². The van der Waals surface area contributed by atoms with Crippen LogP contribution in [0.4, 0.5) is 0 Å². The van der Waals surface area contributed by atoms with Crippen LogP contribution in [-0.4, -0.2) is 36.9 Å². The van der Waals surface area contributed by atoms with Crippen molar-refractivity contribution >= 4 is 27.4 Å². The highest BCUT2D eigenvalue weighted by molar-refractivity contribution is 7.89. The van der Waals surface area contributed by atoms with Crippen LogP contribution in [0.15, 0.2) is 57.5 Å². The van der Waals surface area contributed by atoms with Crippen molar-refractivity contribution < 1.29 is 31.8 Å². The van der Waals surface area contributed by atoms with Crippen molar-refractivity contribution in [3.63, 3.8) is 0 Å². The second kappa shape index (κ2) is 8.76. The first-order valence-corrected chi connectivity index (χ1v) is 10.9. The second-order valence-electron chi connectivity index (χ2n) is 6.40. The van der Waals surface area contributed by atoms with E-state index in [4.69, 9.17) is 13.4 Å². The molecule has 0 saturated heterocycles. The van der Waals surface area contributed by atoms with E-state index < -0.39 is 22.2 Å². The fourth-order valence-electron chi connectivity index (χ4n) is 2.56. The molecule has 8 nitrogen and oxygen atoms in total. The van der Waals surface area contributed by atoms with Gasteiger partial charge < -0.3 is 18.5 Å². The van der Waals surface area contributed by atoms with Gasteiger partial charge in [0.1, 0.15) is 17.7 Å². The molecule has 0 saturated carbocycles. The third-order valence-corrected chi connectivity index (χ3v) is 6.56. The van der Waals surface area contributed by atoms with Crippen LogP contribution < -0.4 is 4.18 Å². The summed E-state index contributed by atoms with van der Waals surface area (Å²) < 4.78 is 40.6. The average molecular weight is 437 g/mol. The topological polar surface area (TPSA) is 116 Å². The van der Waals surface area contributed by atoms with Crippen molar-refractivity contribution in [3.8, 4) is 16.3 Å². The lowest BCUT2D eigenvalue weighted by atomic mass is 10.1. The van der Waals surface area contributed by atoms with E-state index in [1.54, 1.807) is 38.1 Å². The number of ether oxygens (including phenoxy) is 1. The van der Waals surface area contributed by atoms with Gasteiger partial charge in [-0.15, -0.1) is 11.3 Å². The van der Waals surface area contributed by atoms with E-state index in [1.807, 2.05) is 0 Å². The third-order valence-electron chi connectivity index (χ3n) is 3.76. The highest BCUT2D eigenvalue weighted by atomic mass is 32.3. The van der Waals surface area contributed by atoms with Crippen molar-refractivity contribution in [2.45, 2.75) is 36.7 Å². The van der Waals surface area contributed by atoms with Crippen LogP contribution in [0.5, 0.6) is 5.75 Å². The molecule has 0 aliphatic carbocycles. The molecule has 0 aliphatic heterocycles. The van der Waals surface area contributed by atoms with Crippen LogP contribution in [0.25, 0.3) is 10.6 Å². The molecule has 1 unspecified atom stereocenters. The smallest absolute Gasteiger partial charge is 0.348 e. The Kier molecular flexibility index (Phi) is 6.36. The summed E-state index contributed by atoms with van der Waals surface area (Å²) in [5, 5.41) is 13.1. The Hall–Kier alpha value is -2.69. The van der Waals surface area contributed by atoms with Crippen LogP contribution in [-0.2, 0) is 26.1 Å². The molecular weight excluding hydrogens is 418 g/mol. The molecule has 1 atom stereocenters. The molecule has 0 fully saturated rings. The largest absolute Gasteiger partial charge is 0.479 e. The van der Waals surface area contributed by atoms with Crippen molar-refractivity contribution in [3.05, 3.63) is 54.3 Å². The van der Waals surface area contributed by atoms with Crippen LogP contribution in [0, 0.1) is 0 Å². The molecule has 0 aliphatic rings. The number of carboxylic acids is 1. The molecule has 0 radical (unpaired) electrons. The molecular formula is C19H19NO7S2. The summed E-state index contributed by atoms with van der Waals surface area (Å²) in [7, 11) is -4.05. The van der Waals surface area contributed by atoms with Crippen LogP contribution in [0.2, 0.25) is 0 Å². The molecule has 10 heteroatoms. The molecule has 1 N–H and O–H groups in total. The summed E-state index contributed by atoms with van der Waals surface area (Å²) in [6.07, 6.45) is 0.191. The Morgan fingerprint density at radius 2 is 2.03 bits per heavy atom. The van der Waals surface area contributed by atoms with Gasteiger partial charge in [-0.2, -0.15) is 8.42 Å². The first-order valence-electron chi connectivity index (χ1n) is 8.67. The number of aliphatic carboxylic acids is 1. The van der Waals surface area contributed by atoms with Gasteiger partial charge in [0.15, 0.2) is 10.3 Å². The Bertz CT molecular complexity index is 1070. The summed E-state index contributed by atoms with van der Waals surface area (Å²) >= 11 is 1.01. The number of aromatic nitrogens is 1. The minimum absolute atomic E-state index is 0.0208. The summed E-state index contributed by atoms with van der Waals surface area (Å²) in [6.45, 7) is 3.49. The maximum Gasteiger partial charge on any atom is 0.348 e. The van der Waals surface area contributed by atoms with Gasteiger partial charge in [-0.1, -0.05) is 17.3 Å². The standard InChI is InChI=1S/C19H19NO7S2/c1-12(2)26-16(19(21)22)11-13-4-3-5-14(10-13)27-29(23,24)18-7-6-17(28-18)15-8-9-25-20-15/h3-10,12,16H,11H2,1-2H3,(H,21,22). The van der Waals surface area contributed by atoms with Crippen molar-refractivity contribution in [1.82, 2.24) is 5.16 Å². The molecule has 0 amide bonds. The number of nitrogens with zero attached hydrogens (tertiary/aromatic N) is 1. The lowest BCUT2D eigenvalue weighted by molar-refractivity contribution is -0.153. The highest BCUT2D eigenvalue weighted by Gasteiger charge is 2.23. The summed E-state index contributed by atoms with van der Waals surface area (Å²) in [5.74, 6) is -0.996. The molecule has 154 valence electrons. The van der Waals surface area contributed by atoms with Gasteiger partial charge in [0.05, 0.1) is 11.0 Å². The number of benzene rings is 1. The van der Waals surface area contributed by atoms with E-state index in [1.165, 1.54) is 24.5 Å². The predicted octanol–water partition coefficient (Wildman–Crippen LogP) is 3.59. The van der Waals surface area contributed by atoms with Crippen molar-refractivity contribution in [1.29, 1.82) is 0 Å². The molecule has 1 aromatic carbocycles. The van der Waals surface area contributed by atoms with Gasteiger partial charge in [-0.3, -0.25) is 0 Å². The zero-order valence-electron chi connectivity index (χ0n) is 15.6. The van der Waals surface area contributed by atoms with Gasteiger partial charge >= 0.3 is 16.1 Å². The Morgan fingerprint density at radius 3 is 2.69 bits per heavy atom. The second-order valence-corrected chi connectivity index (χ2v) is 9.26. The van der Waals surface area contributed by atoms with E-state index in [9.17, 15) is 18.3 Å². The van der Waals surface area contributed by atoms with E-state index >= 15 is 0 Å². The van der Waals surface area contributed by atoms with Gasteiger partial charge in [0, 0.05) is 12.5 Å². The van der Waals surface area contributed by atoms with Crippen LogP contribution in [0.1, 0.15) is 19.4 Å². The molecule has 2 aromatic heterocycles. The average Bonchev–Trinajstić information content (AvgIpc) is 3.32. The van der Waals surface area contributed by atoms with E-state index in [0.717, 1.165) is 11.3 Å². The number of carbonyl (C=O) groups is 1. The highest BCUT2D eigenvalue weighted by Crippen LogP contribution is 2.31. The maximum absolute atomic E-state index is 12.6. The molecule has 2 heterocycles. The third kappa shape index (κ3) is 5.43. The fraction of sp³-hybridized carbons (Fsp3) is 0.263. The lowest BCUT2D eigenvalue weighted by Crippen LogP contribution is -2.29. The summed E-state index contributed by atoms with van der Waals surface area (Å²) in [6, 6.07) is 11.0.